The van der Waals surface area contributed by atoms with Crippen molar-refractivity contribution >= 4 is 23.1 Å². The average molecular weight is 468 g/mol. The number of methoxy groups -OCH3 is 2. The Balaban J connectivity index is 1.86. The first-order chi connectivity index (χ1) is 16.0. The van der Waals surface area contributed by atoms with Crippen LogP contribution < -0.4 is 14.8 Å². The van der Waals surface area contributed by atoms with E-state index in [9.17, 15) is 9.59 Å². The van der Waals surface area contributed by atoms with Crippen molar-refractivity contribution in [2.24, 2.45) is 0 Å². The molecule has 0 radical (unpaired) electrons. The summed E-state index contributed by atoms with van der Waals surface area (Å²) >= 11 is 1.67. The minimum absolute atomic E-state index is 0.0327. The number of ketones is 1. The van der Waals surface area contributed by atoms with Gasteiger partial charge in [0.25, 0.3) is 0 Å². The molecule has 4 rings (SSSR count). The van der Waals surface area contributed by atoms with E-state index >= 15 is 0 Å². The zero-order valence-corrected chi connectivity index (χ0v) is 20.2. The fourth-order valence-electron chi connectivity index (χ4n) is 4.76. The summed E-state index contributed by atoms with van der Waals surface area (Å²) in [5.41, 5.74) is 3.34. The molecule has 0 amide bonds. The molecule has 1 aromatic carbocycles. The standard InChI is InChI=1S/C26H29NO5S/c1-5-11-32-26(29)22-15(2)27-18-13-16(21-10-7-12-33-21)14-19(28)24(18)23(22)17-8-6-9-20(30-3)25(17)31-4/h6-10,12,16,23,27H,5,11,13-14H2,1-4H3/t16-,23+/m1/s1. The Morgan fingerprint density at radius 3 is 2.64 bits per heavy atom. The molecule has 7 heteroatoms. The Kier molecular flexibility index (Phi) is 6.88. The lowest BCUT2D eigenvalue weighted by Gasteiger charge is -2.36. The Morgan fingerprint density at radius 1 is 1.15 bits per heavy atom. The normalized spacial score (nSPS) is 20.3. The van der Waals surface area contributed by atoms with Crippen molar-refractivity contribution in [1.29, 1.82) is 0 Å². The Labute approximate surface area is 198 Å². The minimum atomic E-state index is -0.590. The van der Waals surface area contributed by atoms with Crippen molar-refractivity contribution in [3.05, 3.63) is 68.7 Å². The van der Waals surface area contributed by atoms with Crippen LogP contribution in [0.3, 0.4) is 0 Å². The Hall–Kier alpha value is -3.06. The van der Waals surface area contributed by atoms with E-state index < -0.39 is 11.9 Å². The summed E-state index contributed by atoms with van der Waals surface area (Å²) in [5.74, 6) is 0.210. The second-order valence-corrected chi connectivity index (χ2v) is 9.23. The van der Waals surface area contributed by atoms with Gasteiger partial charge in [-0.05, 0) is 37.3 Å². The highest BCUT2D eigenvalue weighted by Gasteiger charge is 2.43. The Morgan fingerprint density at radius 2 is 1.97 bits per heavy atom. The van der Waals surface area contributed by atoms with Gasteiger partial charge in [0.2, 0.25) is 0 Å². The first-order valence-corrected chi connectivity index (χ1v) is 12.0. The molecule has 0 saturated heterocycles. The van der Waals surface area contributed by atoms with Crippen LogP contribution in [0.1, 0.15) is 55.4 Å². The maximum absolute atomic E-state index is 13.6. The smallest absolute Gasteiger partial charge is 0.336 e. The molecule has 1 N–H and O–H groups in total. The molecule has 2 atom stereocenters. The Bertz CT molecular complexity index is 1120. The predicted molar refractivity (Wildman–Crippen MR) is 128 cm³/mol. The van der Waals surface area contributed by atoms with Crippen LogP contribution in [-0.2, 0) is 14.3 Å². The topological polar surface area (TPSA) is 73.9 Å². The molecular weight excluding hydrogens is 438 g/mol. The van der Waals surface area contributed by atoms with Crippen LogP contribution in [0.5, 0.6) is 11.5 Å². The average Bonchev–Trinajstić information content (AvgIpc) is 3.36. The van der Waals surface area contributed by atoms with Gasteiger partial charge in [-0.15, -0.1) is 11.3 Å². The number of thiophene rings is 1. The van der Waals surface area contributed by atoms with Gasteiger partial charge >= 0.3 is 5.97 Å². The highest BCUT2D eigenvalue weighted by atomic mass is 32.1. The molecule has 6 nitrogen and oxygen atoms in total. The highest BCUT2D eigenvalue weighted by Crippen LogP contribution is 2.49. The van der Waals surface area contributed by atoms with Crippen LogP contribution >= 0.6 is 11.3 Å². The van der Waals surface area contributed by atoms with Crippen molar-refractivity contribution in [1.82, 2.24) is 5.32 Å². The first-order valence-electron chi connectivity index (χ1n) is 11.2. The molecule has 0 bridgehead atoms. The van der Waals surface area contributed by atoms with Gasteiger partial charge in [0.1, 0.15) is 0 Å². The van der Waals surface area contributed by atoms with Crippen molar-refractivity contribution in [2.75, 3.05) is 20.8 Å². The predicted octanol–water partition coefficient (Wildman–Crippen LogP) is 5.08. The third kappa shape index (κ3) is 4.29. The minimum Gasteiger partial charge on any atom is -0.493 e. The molecule has 33 heavy (non-hydrogen) atoms. The molecule has 2 aliphatic rings. The second-order valence-electron chi connectivity index (χ2n) is 8.25. The van der Waals surface area contributed by atoms with Crippen LogP contribution in [0.15, 0.2) is 58.3 Å². The second kappa shape index (κ2) is 9.83. The summed E-state index contributed by atoms with van der Waals surface area (Å²) in [6.45, 7) is 4.13. The van der Waals surface area contributed by atoms with Crippen LogP contribution in [0, 0.1) is 0 Å². The molecule has 174 valence electrons. The number of hydrogen-bond acceptors (Lipinski definition) is 7. The molecule has 0 fully saturated rings. The number of benzene rings is 1. The number of allylic oxidation sites excluding steroid dienone is 3. The van der Waals surface area contributed by atoms with E-state index in [0.29, 0.717) is 54.2 Å². The van der Waals surface area contributed by atoms with E-state index in [1.807, 2.05) is 37.4 Å². The fraction of sp³-hybridized carbons (Fsp3) is 0.385. The number of carbonyl (C=O) groups excluding carboxylic acids is 2. The van der Waals surface area contributed by atoms with Gasteiger partial charge in [0.15, 0.2) is 17.3 Å². The maximum Gasteiger partial charge on any atom is 0.336 e. The number of ether oxygens (including phenoxy) is 3. The van der Waals surface area contributed by atoms with Gasteiger partial charge in [-0.2, -0.15) is 0 Å². The zero-order chi connectivity index (χ0) is 23.5. The summed E-state index contributed by atoms with van der Waals surface area (Å²) in [4.78, 5) is 28.0. The van der Waals surface area contributed by atoms with E-state index in [-0.39, 0.29) is 11.7 Å². The molecule has 2 aromatic rings. The molecule has 1 aliphatic heterocycles. The van der Waals surface area contributed by atoms with Crippen LogP contribution in [0.2, 0.25) is 0 Å². The third-order valence-corrected chi connectivity index (χ3v) is 7.21. The molecule has 1 aromatic heterocycles. The summed E-state index contributed by atoms with van der Waals surface area (Å²) < 4.78 is 16.8. The van der Waals surface area contributed by atoms with Gasteiger partial charge < -0.3 is 19.5 Å². The molecule has 2 heterocycles. The van der Waals surface area contributed by atoms with E-state index in [2.05, 4.69) is 11.4 Å². The summed E-state index contributed by atoms with van der Waals surface area (Å²) in [6.07, 6.45) is 1.83. The summed E-state index contributed by atoms with van der Waals surface area (Å²) in [5, 5.41) is 5.42. The SMILES string of the molecule is CCCOC(=O)C1=C(C)NC2=C(C(=O)C[C@H](c3cccs3)C2)[C@H]1c1cccc(OC)c1OC. The van der Waals surface area contributed by atoms with E-state index in [1.165, 1.54) is 4.88 Å². The van der Waals surface area contributed by atoms with Crippen molar-refractivity contribution in [2.45, 2.75) is 44.9 Å². The van der Waals surface area contributed by atoms with Crippen LogP contribution in [0.25, 0.3) is 0 Å². The van der Waals surface area contributed by atoms with Crippen LogP contribution in [-0.4, -0.2) is 32.6 Å². The molecule has 1 aliphatic carbocycles. The maximum atomic E-state index is 13.6. The largest absolute Gasteiger partial charge is 0.493 e. The summed E-state index contributed by atoms with van der Waals surface area (Å²) in [6, 6.07) is 9.64. The molecule has 0 unspecified atom stereocenters. The van der Waals surface area contributed by atoms with Crippen molar-refractivity contribution in [3.63, 3.8) is 0 Å². The van der Waals surface area contributed by atoms with Crippen molar-refractivity contribution < 1.29 is 23.8 Å². The van der Waals surface area contributed by atoms with Gasteiger partial charge in [-0.3, -0.25) is 4.79 Å². The monoisotopic (exact) mass is 467 g/mol. The van der Waals surface area contributed by atoms with Gasteiger partial charge in [0.05, 0.1) is 32.3 Å². The number of esters is 1. The molecule has 0 saturated carbocycles. The third-order valence-electron chi connectivity index (χ3n) is 6.17. The lowest BCUT2D eigenvalue weighted by atomic mass is 9.72. The summed E-state index contributed by atoms with van der Waals surface area (Å²) in [7, 11) is 3.14. The molecular formula is C26H29NO5S. The molecule has 0 spiro atoms. The van der Waals surface area contributed by atoms with E-state index in [4.69, 9.17) is 14.2 Å². The fourth-order valence-corrected chi connectivity index (χ4v) is 5.59. The number of dihydropyridines is 1. The van der Waals surface area contributed by atoms with E-state index in [1.54, 1.807) is 31.6 Å². The van der Waals surface area contributed by atoms with Gasteiger partial charge in [-0.1, -0.05) is 25.1 Å². The quantitative estimate of drug-likeness (QED) is 0.573. The van der Waals surface area contributed by atoms with Crippen molar-refractivity contribution in [3.8, 4) is 11.5 Å². The number of rotatable bonds is 7. The lowest BCUT2D eigenvalue weighted by molar-refractivity contribution is -0.139. The van der Waals surface area contributed by atoms with E-state index in [0.717, 1.165) is 11.3 Å². The highest BCUT2D eigenvalue weighted by molar-refractivity contribution is 7.10. The van der Waals surface area contributed by atoms with Gasteiger partial charge in [-0.25, -0.2) is 4.79 Å². The van der Waals surface area contributed by atoms with Gasteiger partial charge in [0, 0.05) is 39.7 Å². The number of para-hydroxylation sites is 1. The number of carbonyl (C=O) groups is 2. The number of Topliss-reactive ketones (excluding diaryl/α,β-unsaturated/α-hetero) is 1. The zero-order valence-electron chi connectivity index (χ0n) is 19.4. The number of hydrogen-bond donors (Lipinski definition) is 1. The number of nitrogens with one attached hydrogen (secondary N) is 1. The first kappa shape index (κ1) is 23.1. The lowest BCUT2D eigenvalue weighted by Crippen LogP contribution is -2.36. The van der Waals surface area contributed by atoms with Crippen LogP contribution in [0.4, 0.5) is 0 Å².